The van der Waals surface area contributed by atoms with Crippen molar-refractivity contribution < 1.29 is 32.6 Å². The highest BCUT2D eigenvalue weighted by atomic mass is 19.3. The molecule has 220 valence electrons. The zero-order valence-corrected chi connectivity index (χ0v) is 23.3. The molecule has 5 rings (SSSR count). The average Bonchev–Trinajstić information content (AvgIpc) is 3.45. The molecule has 1 aliphatic carbocycles. The number of carbonyl (C=O) groups is 2. The fraction of sp³-hybridized carbons (Fsp3) is 0.345. The highest BCUT2D eigenvalue weighted by Crippen LogP contribution is 2.33. The Bertz CT molecular complexity index is 1570. The third-order valence-electron chi connectivity index (χ3n) is 6.34. The molecule has 0 spiro atoms. The van der Waals surface area contributed by atoms with Crippen LogP contribution in [0.5, 0.6) is 0 Å². The predicted molar refractivity (Wildman–Crippen MR) is 148 cm³/mol. The predicted octanol–water partition coefficient (Wildman–Crippen LogP) is 5.76. The van der Waals surface area contributed by atoms with Crippen LogP contribution in [-0.4, -0.2) is 49.0 Å². The minimum atomic E-state index is -2.95. The summed E-state index contributed by atoms with van der Waals surface area (Å²) in [6.07, 6.45) is 2.43. The molecule has 1 aromatic carbocycles. The fourth-order valence-corrected chi connectivity index (χ4v) is 4.06. The Morgan fingerprint density at radius 3 is 2.60 bits per heavy atom. The van der Waals surface area contributed by atoms with Crippen molar-refractivity contribution in [1.29, 1.82) is 0 Å². The van der Waals surface area contributed by atoms with Gasteiger partial charge in [-0.1, -0.05) is 12.1 Å². The fourth-order valence-electron chi connectivity index (χ4n) is 4.06. The normalized spacial score (nSPS) is 13.3. The van der Waals surface area contributed by atoms with Crippen LogP contribution in [0.2, 0.25) is 0 Å². The van der Waals surface area contributed by atoms with Crippen LogP contribution in [0, 0.1) is 5.92 Å². The van der Waals surface area contributed by atoms with Crippen LogP contribution in [0.25, 0.3) is 17.1 Å². The summed E-state index contributed by atoms with van der Waals surface area (Å²) in [5.74, 6) is 0.00912. The number of aromatic nitrogens is 4. The van der Waals surface area contributed by atoms with E-state index in [1.54, 1.807) is 57.2 Å². The number of ether oxygens (including phenoxy) is 1. The van der Waals surface area contributed by atoms with Gasteiger partial charge in [0.1, 0.15) is 17.7 Å². The molecule has 3 aromatic heterocycles. The van der Waals surface area contributed by atoms with Crippen molar-refractivity contribution in [2.45, 2.75) is 52.2 Å². The number of aliphatic hydroxyl groups is 1. The van der Waals surface area contributed by atoms with Gasteiger partial charge in [-0.25, -0.2) is 28.2 Å². The first-order valence-corrected chi connectivity index (χ1v) is 13.3. The Morgan fingerprint density at radius 1 is 1.21 bits per heavy atom. The Morgan fingerprint density at radius 2 is 1.95 bits per heavy atom. The van der Waals surface area contributed by atoms with E-state index in [0.29, 0.717) is 35.1 Å². The zero-order chi connectivity index (χ0) is 30.0. The summed E-state index contributed by atoms with van der Waals surface area (Å²) in [6.45, 7) is 5.65. The Labute approximate surface area is 240 Å². The number of hydrogen-bond donors (Lipinski definition) is 2. The standard InChI is InChI=1S/C29H30F2N6O5/c1-29(2,3)42-28(40)36(13-17-4-5-17)23-12-19(10-11-32-23)27-34-22(16-41-27)26(39)33-21-14-37(35-24(21)25(30)31)20-8-6-18(15-38)7-9-20/h6-12,14,16-17,25,38H,4-5,13,15H2,1-3H3,(H,33,39). The van der Waals surface area contributed by atoms with E-state index in [1.807, 2.05) is 0 Å². The highest BCUT2D eigenvalue weighted by Gasteiger charge is 2.31. The second-order valence-corrected chi connectivity index (χ2v) is 10.9. The number of rotatable bonds is 9. The molecule has 1 fully saturated rings. The first-order chi connectivity index (χ1) is 20.0. The maximum atomic E-state index is 13.8. The van der Waals surface area contributed by atoms with Crippen molar-refractivity contribution in [3.8, 4) is 17.1 Å². The summed E-state index contributed by atoms with van der Waals surface area (Å²) in [5.41, 5.74) is -0.0699. The van der Waals surface area contributed by atoms with E-state index < -0.39 is 29.7 Å². The van der Waals surface area contributed by atoms with Gasteiger partial charge in [0.05, 0.1) is 24.2 Å². The van der Waals surface area contributed by atoms with Crippen LogP contribution in [-0.2, 0) is 11.3 Å². The lowest BCUT2D eigenvalue weighted by Gasteiger charge is -2.27. The lowest BCUT2D eigenvalue weighted by Crippen LogP contribution is -2.38. The number of carbonyl (C=O) groups excluding carboxylic acids is 2. The minimum Gasteiger partial charge on any atom is -0.444 e. The lowest BCUT2D eigenvalue weighted by molar-refractivity contribution is 0.0577. The average molecular weight is 581 g/mol. The van der Waals surface area contributed by atoms with Crippen LogP contribution in [0.15, 0.2) is 59.5 Å². The van der Waals surface area contributed by atoms with Crippen LogP contribution >= 0.6 is 0 Å². The van der Waals surface area contributed by atoms with E-state index in [-0.39, 0.29) is 23.9 Å². The van der Waals surface area contributed by atoms with Gasteiger partial charge in [0.2, 0.25) is 5.89 Å². The van der Waals surface area contributed by atoms with Crippen LogP contribution in [0.3, 0.4) is 0 Å². The molecular weight excluding hydrogens is 550 g/mol. The third-order valence-corrected chi connectivity index (χ3v) is 6.34. The van der Waals surface area contributed by atoms with Gasteiger partial charge in [-0.15, -0.1) is 0 Å². The molecule has 0 atom stereocenters. The molecule has 0 unspecified atom stereocenters. The first kappa shape index (κ1) is 28.9. The number of pyridine rings is 1. The molecule has 42 heavy (non-hydrogen) atoms. The third kappa shape index (κ3) is 6.79. The maximum absolute atomic E-state index is 13.8. The SMILES string of the molecule is CC(C)(C)OC(=O)N(CC1CC1)c1cc(-c2nc(C(=O)Nc3cn(-c4ccc(CO)cc4)nc3C(F)F)co2)ccn1. The van der Waals surface area contributed by atoms with E-state index >= 15 is 0 Å². The molecular formula is C29H30F2N6O5. The van der Waals surface area contributed by atoms with Gasteiger partial charge in [-0.05, 0) is 69.4 Å². The highest BCUT2D eigenvalue weighted by molar-refractivity contribution is 6.03. The molecule has 3 heterocycles. The number of nitrogens with one attached hydrogen (secondary N) is 1. The summed E-state index contributed by atoms with van der Waals surface area (Å²) in [6, 6.07) is 9.72. The Kier molecular flexibility index (Phi) is 8.03. The van der Waals surface area contributed by atoms with Crippen molar-refractivity contribution in [2.75, 3.05) is 16.8 Å². The number of hydrogen-bond acceptors (Lipinski definition) is 8. The molecule has 1 aliphatic rings. The van der Waals surface area contributed by atoms with Gasteiger partial charge >= 0.3 is 6.09 Å². The molecule has 2 N–H and O–H groups in total. The van der Waals surface area contributed by atoms with Gasteiger partial charge in [0.15, 0.2) is 11.4 Å². The number of nitrogens with zero attached hydrogens (tertiary/aromatic N) is 5. The van der Waals surface area contributed by atoms with E-state index in [4.69, 9.17) is 9.15 Å². The molecule has 4 aromatic rings. The number of halogens is 2. The van der Waals surface area contributed by atoms with Gasteiger partial charge in [0.25, 0.3) is 12.3 Å². The summed E-state index contributed by atoms with van der Waals surface area (Å²) in [4.78, 5) is 35.9. The largest absolute Gasteiger partial charge is 0.444 e. The van der Waals surface area contributed by atoms with Crippen molar-refractivity contribution >= 4 is 23.5 Å². The molecule has 13 heteroatoms. The lowest BCUT2D eigenvalue weighted by atomic mass is 10.2. The quantitative estimate of drug-likeness (QED) is 0.255. The van der Waals surface area contributed by atoms with Gasteiger partial charge in [-0.3, -0.25) is 9.69 Å². The molecule has 1 saturated carbocycles. The number of oxazole rings is 1. The number of amides is 2. The topological polar surface area (TPSA) is 136 Å². The van der Waals surface area contributed by atoms with E-state index in [9.17, 15) is 23.5 Å². The second-order valence-electron chi connectivity index (χ2n) is 10.9. The smallest absolute Gasteiger partial charge is 0.416 e. The first-order valence-electron chi connectivity index (χ1n) is 13.3. The molecule has 0 aliphatic heterocycles. The summed E-state index contributed by atoms with van der Waals surface area (Å²) in [5, 5.41) is 15.6. The second kappa shape index (κ2) is 11.7. The monoisotopic (exact) mass is 580 g/mol. The van der Waals surface area contributed by atoms with Crippen LogP contribution in [0.4, 0.5) is 25.1 Å². The summed E-state index contributed by atoms with van der Waals surface area (Å²) >= 11 is 0. The molecule has 2 amide bonds. The summed E-state index contributed by atoms with van der Waals surface area (Å²) in [7, 11) is 0. The van der Waals surface area contributed by atoms with Gasteiger partial charge in [0, 0.05) is 18.3 Å². The number of aliphatic hydroxyl groups excluding tert-OH is 1. The number of benzene rings is 1. The molecule has 0 radical (unpaired) electrons. The van der Waals surface area contributed by atoms with Crippen LogP contribution in [0.1, 0.15) is 61.8 Å². The molecule has 11 nitrogen and oxygen atoms in total. The number of alkyl halides is 2. The van der Waals surface area contributed by atoms with E-state index in [1.165, 1.54) is 22.0 Å². The maximum Gasteiger partial charge on any atom is 0.416 e. The number of anilines is 2. The molecule has 0 saturated heterocycles. The van der Waals surface area contributed by atoms with Crippen molar-refractivity contribution in [3.05, 3.63) is 72.0 Å². The zero-order valence-electron chi connectivity index (χ0n) is 23.3. The van der Waals surface area contributed by atoms with Crippen molar-refractivity contribution in [1.82, 2.24) is 19.7 Å². The van der Waals surface area contributed by atoms with Gasteiger partial charge in [-0.2, -0.15) is 5.10 Å². The summed E-state index contributed by atoms with van der Waals surface area (Å²) < 4.78 is 39.8. The van der Waals surface area contributed by atoms with Crippen LogP contribution < -0.4 is 10.2 Å². The van der Waals surface area contributed by atoms with Gasteiger partial charge < -0.3 is 19.6 Å². The van der Waals surface area contributed by atoms with E-state index in [2.05, 4.69) is 20.4 Å². The Balaban J connectivity index is 1.35. The minimum absolute atomic E-state index is 0.0770. The van der Waals surface area contributed by atoms with Crippen molar-refractivity contribution in [3.63, 3.8) is 0 Å². The molecule has 0 bridgehead atoms. The van der Waals surface area contributed by atoms with E-state index in [0.717, 1.165) is 19.1 Å². The van der Waals surface area contributed by atoms with Crippen molar-refractivity contribution in [2.24, 2.45) is 5.92 Å². The Hall–Kier alpha value is -4.65.